The van der Waals surface area contributed by atoms with Gasteiger partial charge in [-0.05, 0) is 13.3 Å². The van der Waals surface area contributed by atoms with Crippen molar-refractivity contribution in [2.75, 3.05) is 11.9 Å². The lowest BCUT2D eigenvalue weighted by Gasteiger charge is -2.12. The van der Waals surface area contributed by atoms with E-state index < -0.39 is 0 Å². The molecule has 0 aliphatic rings. The van der Waals surface area contributed by atoms with Crippen LogP contribution in [0.3, 0.4) is 0 Å². The maximum Gasteiger partial charge on any atom is 0.282 e. The van der Waals surface area contributed by atoms with E-state index in [1.165, 1.54) is 22.7 Å². The third-order valence-electron chi connectivity index (χ3n) is 2.41. The van der Waals surface area contributed by atoms with E-state index in [0.29, 0.717) is 10.1 Å². The van der Waals surface area contributed by atoms with Gasteiger partial charge in [-0.2, -0.15) is 0 Å². The predicted molar refractivity (Wildman–Crippen MR) is 76.7 cm³/mol. The van der Waals surface area contributed by atoms with Crippen molar-refractivity contribution in [3.63, 3.8) is 0 Å². The molecule has 2 aromatic heterocycles. The van der Waals surface area contributed by atoms with Crippen LogP contribution >= 0.6 is 22.7 Å². The monoisotopic (exact) mass is 297 g/mol. The summed E-state index contributed by atoms with van der Waals surface area (Å²) in [5.74, 6) is -0.205. The normalized spacial score (nSPS) is 12.1. The number of hydrogen-bond acceptors (Lipinski definition) is 7. The van der Waals surface area contributed by atoms with Crippen molar-refractivity contribution < 1.29 is 4.79 Å². The number of anilines is 1. The summed E-state index contributed by atoms with van der Waals surface area (Å²) in [5, 5.41) is 17.6. The zero-order valence-electron chi connectivity index (χ0n) is 10.7. The topological polar surface area (TPSA) is 79.8 Å². The van der Waals surface area contributed by atoms with E-state index in [1.807, 2.05) is 19.2 Å². The smallest absolute Gasteiger partial charge is 0.282 e. The maximum absolute atomic E-state index is 12.1. The Hall–Kier alpha value is -1.54. The van der Waals surface area contributed by atoms with Crippen molar-refractivity contribution in [1.82, 2.24) is 20.5 Å². The molecule has 1 unspecified atom stereocenters. The molecule has 2 rings (SSSR count). The van der Waals surface area contributed by atoms with E-state index in [9.17, 15) is 4.79 Å². The molecule has 1 atom stereocenters. The van der Waals surface area contributed by atoms with Gasteiger partial charge >= 0.3 is 0 Å². The lowest BCUT2D eigenvalue weighted by atomic mass is 10.2. The molecule has 0 saturated heterocycles. The summed E-state index contributed by atoms with van der Waals surface area (Å²) in [5.41, 5.74) is 0. The van der Waals surface area contributed by atoms with Crippen LogP contribution in [0.25, 0.3) is 0 Å². The quantitative estimate of drug-likeness (QED) is 0.855. The van der Waals surface area contributed by atoms with Gasteiger partial charge in [-0.15, -0.1) is 21.5 Å². The first-order valence-electron chi connectivity index (χ1n) is 6.02. The molecule has 0 spiro atoms. The summed E-state index contributed by atoms with van der Waals surface area (Å²) >= 11 is 2.79. The lowest BCUT2D eigenvalue weighted by molar-refractivity contribution is 0.0934. The van der Waals surface area contributed by atoms with Gasteiger partial charge in [-0.3, -0.25) is 4.79 Å². The van der Waals surface area contributed by atoms with Crippen LogP contribution in [-0.2, 0) is 0 Å². The van der Waals surface area contributed by atoms with Crippen LogP contribution in [0.15, 0.2) is 11.6 Å². The molecule has 2 N–H and O–H groups in total. The van der Waals surface area contributed by atoms with Gasteiger partial charge in [-0.1, -0.05) is 18.3 Å². The van der Waals surface area contributed by atoms with Gasteiger partial charge in [0.2, 0.25) is 10.1 Å². The summed E-state index contributed by atoms with van der Waals surface area (Å²) in [7, 11) is 0. The molecule has 19 heavy (non-hydrogen) atoms. The van der Waals surface area contributed by atoms with Crippen molar-refractivity contribution in [3.05, 3.63) is 21.6 Å². The number of carbonyl (C=O) groups excluding carboxylic acids is 1. The van der Waals surface area contributed by atoms with Gasteiger partial charge in [0.15, 0.2) is 0 Å². The second kappa shape index (κ2) is 6.58. The maximum atomic E-state index is 12.1. The fourth-order valence-corrected chi connectivity index (χ4v) is 2.99. The minimum absolute atomic E-state index is 0.0704. The summed E-state index contributed by atoms with van der Waals surface area (Å²) < 4.78 is 0. The number of rotatable bonds is 6. The molecule has 0 fully saturated rings. The van der Waals surface area contributed by atoms with Crippen LogP contribution in [0.1, 0.15) is 41.1 Å². The predicted octanol–water partition coefficient (Wildman–Crippen LogP) is 2.31. The Bertz CT molecular complexity index is 525. The molecule has 0 aromatic carbocycles. The van der Waals surface area contributed by atoms with Crippen LogP contribution in [0.5, 0.6) is 0 Å². The number of aromatic nitrogens is 3. The van der Waals surface area contributed by atoms with Gasteiger partial charge in [0.05, 0.1) is 6.04 Å². The van der Waals surface area contributed by atoms with Crippen LogP contribution in [0, 0.1) is 0 Å². The zero-order valence-corrected chi connectivity index (χ0v) is 12.3. The number of amides is 1. The van der Waals surface area contributed by atoms with E-state index in [-0.39, 0.29) is 11.9 Å². The average Bonchev–Trinajstić information content (AvgIpc) is 3.07. The number of nitrogens with one attached hydrogen (secondary N) is 2. The van der Waals surface area contributed by atoms with Gasteiger partial charge in [0, 0.05) is 18.1 Å². The highest BCUT2D eigenvalue weighted by Crippen LogP contribution is 2.20. The van der Waals surface area contributed by atoms with Crippen LogP contribution in [-0.4, -0.2) is 27.6 Å². The minimum atomic E-state index is -0.205. The zero-order chi connectivity index (χ0) is 13.7. The number of hydrogen-bond donors (Lipinski definition) is 2. The second-order valence-corrected chi connectivity index (χ2v) is 5.65. The number of nitrogens with zero attached hydrogens (tertiary/aromatic N) is 3. The Morgan fingerprint density at radius 3 is 2.89 bits per heavy atom. The second-order valence-electron chi connectivity index (χ2n) is 3.75. The van der Waals surface area contributed by atoms with Gasteiger partial charge in [-0.25, -0.2) is 4.98 Å². The molecule has 0 aliphatic heterocycles. The van der Waals surface area contributed by atoms with Gasteiger partial charge in [0.25, 0.3) is 5.91 Å². The highest BCUT2D eigenvalue weighted by Gasteiger charge is 2.19. The Morgan fingerprint density at radius 1 is 1.42 bits per heavy atom. The highest BCUT2D eigenvalue weighted by atomic mass is 32.1. The summed E-state index contributed by atoms with van der Waals surface area (Å²) in [4.78, 5) is 16.3. The first-order valence-corrected chi connectivity index (χ1v) is 7.71. The molecule has 1 amide bonds. The van der Waals surface area contributed by atoms with E-state index >= 15 is 0 Å². The molecule has 2 heterocycles. The van der Waals surface area contributed by atoms with Crippen molar-refractivity contribution in [3.8, 4) is 0 Å². The van der Waals surface area contributed by atoms with Crippen LogP contribution in [0.4, 0.5) is 5.13 Å². The van der Waals surface area contributed by atoms with E-state index in [1.54, 1.807) is 6.20 Å². The highest BCUT2D eigenvalue weighted by molar-refractivity contribution is 7.17. The standard InChI is InChI=1S/C11H15N5OS2/c1-3-7(9-13-5-6-18-9)14-8(17)10-15-16-11(19-10)12-4-2/h5-7H,3-4H2,1-2H3,(H,12,16)(H,14,17). The fraction of sp³-hybridized carbons (Fsp3) is 0.455. The van der Waals surface area contributed by atoms with Crippen LogP contribution < -0.4 is 10.6 Å². The van der Waals surface area contributed by atoms with Crippen molar-refractivity contribution in [2.24, 2.45) is 0 Å². The molecule has 0 bridgehead atoms. The van der Waals surface area contributed by atoms with Gasteiger partial charge in [0.1, 0.15) is 5.01 Å². The Balaban J connectivity index is 2.02. The van der Waals surface area contributed by atoms with E-state index in [0.717, 1.165) is 18.0 Å². The first-order chi connectivity index (χ1) is 9.24. The summed E-state index contributed by atoms with van der Waals surface area (Å²) in [6, 6.07) is -0.0704. The fourth-order valence-electron chi connectivity index (χ4n) is 1.50. The minimum Gasteiger partial charge on any atom is -0.360 e. The van der Waals surface area contributed by atoms with E-state index in [2.05, 4.69) is 25.8 Å². The van der Waals surface area contributed by atoms with Gasteiger partial charge < -0.3 is 10.6 Å². The number of thiazole rings is 1. The van der Waals surface area contributed by atoms with Crippen molar-refractivity contribution in [2.45, 2.75) is 26.3 Å². The molecule has 2 aromatic rings. The molecule has 0 radical (unpaired) electrons. The van der Waals surface area contributed by atoms with E-state index in [4.69, 9.17) is 0 Å². The largest absolute Gasteiger partial charge is 0.360 e. The number of carbonyl (C=O) groups is 1. The Labute approximate surface area is 119 Å². The molecule has 102 valence electrons. The van der Waals surface area contributed by atoms with Crippen molar-refractivity contribution >= 4 is 33.7 Å². The van der Waals surface area contributed by atoms with Crippen LogP contribution in [0.2, 0.25) is 0 Å². The third-order valence-corrected chi connectivity index (χ3v) is 4.18. The third kappa shape index (κ3) is 3.48. The molecule has 6 nitrogen and oxygen atoms in total. The Kier molecular flexibility index (Phi) is 4.80. The summed E-state index contributed by atoms with van der Waals surface area (Å²) in [6.07, 6.45) is 2.53. The SMILES string of the molecule is CCNc1nnc(C(=O)NC(CC)c2nccs2)s1. The molecule has 0 aliphatic carbocycles. The average molecular weight is 297 g/mol. The molecule has 0 saturated carbocycles. The first kappa shape index (κ1) is 13.9. The lowest BCUT2D eigenvalue weighted by Crippen LogP contribution is -2.28. The molecular formula is C11H15N5OS2. The van der Waals surface area contributed by atoms with Crippen molar-refractivity contribution in [1.29, 1.82) is 0 Å². The summed E-state index contributed by atoms with van der Waals surface area (Å²) in [6.45, 7) is 4.74. The Morgan fingerprint density at radius 2 is 2.26 bits per heavy atom. The molecular weight excluding hydrogens is 282 g/mol. The molecule has 8 heteroatoms.